The molecule has 0 fully saturated rings. The third-order valence-corrected chi connectivity index (χ3v) is 2.62. The normalized spacial score (nSPS) is 10.7. The van der Waals surface area contributed by atoms with E-state index < -0.39 is 5.97 Å². The average molecular weight is 266 g/mol. The Hall–Kier alpha value is -1.69. The lowest BCUT2D eigenvalue weighted by Crippen LogP contribution is -2.18. The fourth-order valence-corrected chi connectivity index (χ4v) is 1.58. The standard InChI is InChI=1S/C13H22N4O2/c1-4-14-6-5-7-15-10-8-16-12(9(2)3)17-11(10)13(18)19/h8-9,14-15H,4-7H2,1-3H3,(H,18,19). The van der Waals surface area contributed by atoms with Crippen molar-refractivity contribution in [2.24, 2.45) is 0 Å². The van der Waals surface area contributed by atoms with E-state index in [1.807, 2.05) is 13.8 Å². The number of carboxylic acids is 1. The quantitative estimate of drug-likeness (QED) is 0.621. The molecule has 0 bridgehead atoms. The van der Waals surface area contributed by atoms with E-state index in [1.54, 1.807) is 6.20 Å². The smallest absolute Gasteiger partial charge is 0.356 e. The summed E-state index contributed by atoms with van der Waals surface area (Å²) in [6.07, 6.45) is 2.47. The van der Waals surface area contributed by atoms with Gasteiger partial charge in [-0.15, -0.1) is 0 Å². The monoisotopic (exact) mass is 266 g/mol. The van der Waals surface area contributed by atoms with Crippen molar-refractivity contribution in [1.82, 2.24) is 15.3 Å². The van der Waals surface area contributed by atoms with E-state index >= 15 is 0 Å². The topological polar surface area (TPSA) is 87.1 Å². The van der Waals surface area contributed by atoms with E-state index in [1.165, 1.54) is 0 Å². The van der Waals surface area contributed by atoms with Crippen LogP contribution in [0, 0.1) is 0 Å². The second kappa shape index (κ2) is 7.68. The first-order valence-corrected chi connectivity index (χ1v) is 6.61. The first kappa shape index (κ1) is 15.4. The van der Waals surface area contributed by atoms with Crippen molar-refractivity contribution in [3.63, 3.8) is 0 Å². The molecule has 6 nitrogen and oxygen atoms in total. The lowest BCUT2D eigenvalue weighted by Gasteiger charge is -2.11. The summed E-state index contributed by atoms with van der Waals surface area (Å²) in [5, 5.41) is 15.5. The summed E-state index contributed by atoms with van der Waals surface area (Å²) in [7, 11) is 0. The predicted molar refractivity (Wildman–Crippen MR) is 74.7 cm³/mol. The van der Waals surface area contributed by atoms with Crippen LogP contribution in [0.1, 0.15) is 49.4 Å². The Bertz CT molecular complexity index is 421. The summed E-state index contributed by atoms with van der Waals surface area (Å²) < 4.78 is 0. The Morgan fingerprint density at radius 3 is 2.74 bits per heavy atom. The molecule has 6 heteroatoms. The van der Waals surface area contributed by atoms with Gasteiger partial charge in [0.25, 0.3) is 0 Å². The maximum atomic E-state index is 11.2. The van der Waals surface area contributed by atoms with Crippen molar-refractivity contribution >= 4 is 11.7 Å². The minimum Gasteiger partial charge on any atom is -0.476 e. The minimum absolute atomic E-state index is 0.0437. The van der Waals surface area contributed by atoms with Crippen LogP contribution in [0.4, 0.5) is 5.69 Å². The van der Waals surface area contributed by atoms with Crippen LogP contribution in [-0.2, 0) is 0 Å². The average Bonchev–Trinajstić information content (AvgIpc) is 2.38. The molecule has 1 aromatic heterocycles. The fraction of sp³-hybridized carbons (Fsp3) is 0.615. The van der Waals surface area contributed by atoms with Gasteiger partial charge in [-0.05, 0) is 19.5 Å². The molecule has 0 aliphatic carbocycles. The molecule has 0 aliphatic rings. The number of nitrogens with one attached hydrogen (secondary N) is 2. The second-order valence-electron chi connectivity index (χ2n) is 4.58. The minimum atomic E-state index is -1.03. The first-order valence-electron chi connectivity index (χ1n) is 6.61. The summed E-state index contributed by atoms with van der Waals surface area (Å²) in [5.74, 6) is -0.366. The highest BCUT2D eigenvalue weighted by Crippen LogP contribution is 2.16. The van der Waals surface area contributed by atoms with Crippen molar-refractivity contribution in [1.29, 1.82) is 0 Å². The number of hydrogen-bond acceptors (Lipinski definition) is 5. The molecule has 1 rings (SSSR count). The summed E-state index contributed by atoms with van der Waals surface area (Å²) >= 11 is 0. The van der Waals surface area contributed by atoms with Gasteiger partial charge in [-0.2, -0.15) is 0 Å². The molecule has 0 aromatic carbocycles. The SMILES string of the molecule is CCNCCCNc1cnc(C(C)C)nc1C(=O)O. The number of rotatable bonds is 8. The van der Waals surface area contributed by atoms with Gasteiger partial charge in [-0.3, -0.25) is 0 Å². The first-order chi connectivity index (χ1) is 9.06. The number of carboxylic acid groups (broad SMARTS) is 1. The Morgan fingerprint density at radius 1 is 1.42 bits per heavy atom. The predicted octanol–water partition coefficient (Wildman–Crippen LogP) is 1.71. The van der Waals surface area contributed by atoms with E-state index in [2.05, 4.69) is 27.5 Å². The summed E-state index contributed by atoms with van der Waals surface area (Å²) in [4.78, 5) is 19.5. The van der Waals surface area contributed by atoms with Gasteiger partial charge in [0.2, 0.25) is 0 Å². The third kappa shape index (κ3) is 4.82. The zero-order chi connectivity index (χ0) is 14.3. The van der Waals surface area contributed by atoms with Crippen molar-refractivity contribution in [2.75, 3.05) is 25.0 Å². The lowest BCUT2D eigenvalue weighted by atomic mass is 10.2. The van der Waals surface area contributed by atoms with Crippen LogP contribution in [0.2, 0.25) is 0 Å². The van der Waals surface area contributed by atoms with Crippen molar-refractivity contribution in [2.45, 2.75) is 33.1 Å². The zero-order valence-corrected chi connectivity index (χ0v) is 11.7. The molecule has 0 saturated heterocycles. The number of aromatic carboxylic acids is 1. The van der Waals surface area contributed by atoms with Crippen LogP contribution in [0.5, 0.6) is 0 Å². The van der Waals surface area contributed by atoms with Crippen LogP contribution in [0.15, 0.2) is 6.20 Å². The number of nitrogens with zero attached hydrogens (tertiary/aromatic N) is 2. The molecule has 0 amide bonds. The van der Waals surface area contributed by atoms with Crippen LogP contribution in [-0.4, -0.2) is 40.7 Å². The molecule has 0 aliphatic heterocycles. The van der Waals surface area contributed by atoms with E-state index in [0.29, 0.717) is 18.1 Å². The second-order valence-corrected chi connectivity index (χ2v) is 4.58. The third-order valence-electron chi connectivity index (χ3n) is 2.62. The molecule has 0 spiro atoms. The highest BCUT2D eigenvalue weighted by Gasteiger charge is 2.15. The molecule has 0 atom stereocenters. The van der Waals surface area contributed by atoms with Gasteiger partial charge >= 0.3 is 5.97 Å². The maximum absolute atomic E-state index is 11.2. The van der Waals surface area contributed by atoms with Crippen LogP contribution in [0.3, 0.4) is 0 Å². The van der Waals surface area contributed by atoms with Gasteiger partial charge in [0.1, 0.15) is 5.82 Å². The molecule has 3 N–H and O–H groups in total. The van der Waals surface area contributed by atoms with Gasteiger partial charge in [-0.25, -0.2) is 14.8 Å². The van der Waals surface area contributed by atoms with Crippen LogP contribution < -0.4 is 10.6 Å². The Labute approximate surface area is 113 Å². The summed E-state index contributed by atoms with van der Waals surface area (Å²) in [5.41, 5.74) is 0.524. The van der Waals surface area contributed by atoms with Crippen molar-refractivity contribution in [3.8, 4) is 0 Å². The van der Waals surface area contributed by atoms with Crippen molar-refractivity contribution < 1.29 is 9.90 Å². The van der Waals surface area contributed by atoms with E-state index in [4.69, 9.17) is 0 Å². The highest BCUT2D eigenvalue weighted by molar-refractivity contribution is 5.91. The Kier molecular flexibility index (Phi) is 6.21. The number of anilines is 1. The van der Waals surface area contributed by atoms with Crippen LogP contribution >= 0.6 is 0 Å². The number of carbonyl (C=O) groups is 1. The molecular weight excluding hydrogens is 244 g/mol. The Balaban J connectivity index is 2.69. The number of aromatic nitrogens is 2. The Morgan fingerprint density at radius 2 is 2.16 bits per heavy atom. The molecule has 0 unspecified atom stereocenters. The zero-order valence-electron chi connectivity index (χ0n) is 11.7. The summed E-state index contributed by atoms with van der Waals surface area (Å²) in [6.45, 7) is 8.45. The highest BCUT2D eigenvalue weighted by atomic mass is 16.4. The molecule has 1 heterocycles. The molecule has 19 heavy (non-hydrogen) atoms. The molecule has 0 saturated carbocycles. The van der Waals surface area contributed by atoms with Crippen molar-refractivity contribution in [3.05, 3.63) is 17.7 Å². The van der Waals surface area contributed by atoms with E-state index in [-0.39, 0.29) is 11.6 Å². The molecule has 0 radical (unpaired) electrons. The van der Waals surface area contributed by atoms with E-state index in [9.17, 15) is 9.90 Å². The van der Waals surface area contributed by atoms with E-state index in [0.717, 1.165) is 19.5 Å². The van der Waals surface area contributed by atoms with Gasteiger partial charge in [0, 0.05) is 12.5 Å². The largest absolute Gasteiger partial charge is 0.476 e. The van der Waals surface area contributed by atoms with Gasteiger partial charge in [0.15, 0.2) is 5.69 Å². The molecular formula is C13H22N4O2. The molecule has 106 valence electrons. The van der Waals surface area contributed by atoms with Gasteiger partial charge in [0.05, 0.1) is 11.9 Å². The lowest BCUT2D eigenvalue weighted by molar-refractivity contribution is 0.0691. The van der Waals surface area contributed by atoms with Gasteiger partial charge < -0.3 is 15.7 Å². The fourth-order valence-electron chi connectivity index (χ4n) is 1.58. The number of hydrogen-bond donors (Lipinski definition) is 3. The van der Waals surface area contributed by atoms with Crippen LogP contribution in [0.25, 0.3) is 0 Å². The summed E-state index contributed by atoms with van der Waals surface area (Å²) in [6, 6.07) is 0. The molecule has 1 aromatic rings. The maximum Gasteiger partial charge on any atom is 0.356 e. The van der Waals surface area contributed by atoms with Gasteiger partial charge in [-0.1, -0.05) is 20.8 Å².